The molecule has 0 unspecified atom stereocenters. The molecule has 2 rings (SSSR count). The van der Waals surface area contributed by atoms with Crippen molar-refractivity contribution in [2.75, 3.05) is 13.1 Å². The fraction of sp³-hybridized carbons (Fsp3) is 0.500. The van der Waals surface area contributed by atoms with Gasteiger partial charge >= 0.3 is 0 Å². The smallest absolute Gasteiger partial charge is 0.282 e. The van der Waals surface area contributed by atoms with Gasteiger partial charge in [-0.15, -0.1) is 0 Å². The number of carbonyl (C=O) groups is 1. The topological polar surface area (TPSA) is 63.5 Å². The number of nitro groups is 1. The zero-order valence-corrected chi connectivity index (χ0v) is 11.6. The summed E-state index contributed by atoms with van der Waals surface area (Å²) in [5.41, 5.74) is -0.346. The molecule has 6 heteroatoms. The van der Waals surface area contributed by atoms with Gasteiger partial charge in [0.1, 0.15) is 11.4 Å². The van der Waals surface area contributed by atoms with E-state index in [1.807, 2.05) is 0 Å². The number of benzene rings is 1. The first kappa shape index (κ1) is 14.4. The molecule has 1 saturated heterocycles. The maximum atomic E-state index is 13.3. The van der Waals surface area contributed by atoms with Crippen molar-refractivity contribution in [1.29, 1.82) is 0 Å². The standard InChI is InChI=1S/C14H17FN2O3/c1-14(2)5-7-16(8-6-14)13(18)11-9-10(15)3-4-12(11)17(19)20/h3-4,9H,5-8H2,1-2H3. The van der Waals surface area contributed by atoms with Gasteiger partial charge in [0.25, 0.3) is 11.6 Å². The molecule has 1 fully saturated rings. The van der Waals surface area contributed by atoms with Gasteiger partial charge in [-0.1, -0.05) is 13.8 Å². The summed E-state index contributed by atoms with van der Waals surface area (Å²) in [5, 5.41) is 10.9. The van der Waals surface area contributed by atoms with E-state index in [1.54, 1.807) is 4.90 Å². The Kier molecular flexibility index (Phi) is 3.74. The van der Waals surface area contributed by atoms with Crippen molar-refractivity contribution in [2.45, 2.75) is 26.7 Å². The van der Waals surface area contributed by atoms with Crippen LogP contribution in [0.4, 0.5) is 10.1 Å². The largest absolute Gasteiger partial charge is 0.338 e. The van der Waals surface area contributed by atoms with E-state index < -0.39 is 16.6 Å². The fourth-order valence-electron chi connectivity index (χ4n) is 2.32. The van der Waals surface area contributed by atoms with Gasteiger partial charge < -0.3 is 4.90 Å². The van der Waals surface area contributed by atoms with Crippen LogP contribution in [-0.2, 0) is 0 Å². The van der Waals surface area contributed by atoms with E-state index >= 15 is 0 Å². The Morgan fingerprint density at radius 1 is 1.35 bits per heavy atom. The number of hydrogen-bond acceptors (Lipinski definition) is 3. The van der Waals surface area contributed by atoms with E-state index in [4.69, 9.17) is 0 Å². The summed E-state index contributed by atoms with van der Waals surface area (Å²) in [6, 6.07) is 2.98. The van der Waals surface area contributed by atoms with Crippen LogP contribution in [0.2, 0.25) is 0 Å². The summed E-state index contributed by atoms with van der Waals surface area (Å²) in [6.07, 6.45) is 1.67. The van der Waals surface area contributed by atoms with Gasteiger partial charge in [-0.25, -0.2) is 4.39 Å². The first-order valence-electron chi connectivity index (χ1n) is 6.53. The van der Waals surface area contributed by atoms with E-state index in [1.165, 1.54) is 0 Å². The molecule has 0 aromatic heterocycles. The lowest BCUT2D eigenvalue weighted by atomic mass is 9.82. The van der Waals surface area contributed by atoms with Crippen molar-refractivity contribution in [3.05, 3.63) is 39.7 Å². The third-order valence-electron chi connectivity index (χ3n) is 3.79. The Hall–Kier alpha value is -1.98. The average molecular weight is 280 g/mol. The van der Waals surface area contributed by atoms with Crippen LogP contribution in [0.1, 0.15) is 37.0 Å². The molecule has 0 bridgehead atoms. The predicted octanol–water partition coefficient (Wildman–Crippen LogP) is 3.00. The Balaban J connectivity index is 2.25. The third-order valence-corrected chi connectivity index (χ3v) is 3.79. The number of rotatable bonds is 2. The summed E-state index contributed by atoms with van der Waals surface area (Å²) >= 11 is 0. The van der Waals surface area contributed by atoms with Crippen LogP contribution in [0.25, 0.3) is 0 Å². The van der Waals surface area contributed by atoms with Crippen LogP contribution in [0, 0.1) is 21.3 Å². The molecule has 0 atom stereocenters. The zero-order valence-electron chi connectivity index (χ0n) is 11.6. The predicted molar refractivity (Wildman–Crippen MR) is 72.0 cm³/mol. The highest BCUT2D eigenvalue weighted by Crippen LogP contribution is 2.31. The van der Waals surface area contributed by atoms with Gasteiger partial charge in [0.2, 0.25) is 0 Å². The number of nitrogens with zero attached hydrogens (tertiary/aromatic N) is 2. The SMILES string of the molecule is CC1(C)CCN(C(=O)c2cc(F)ccc2[N+](=O)[O-])CC1. The van der Waals surface area contributed by atoms with Crippen LogP contribution in [0.5, 0.6) is 0 Å². The number of piperidine rings is 1. The second kappa shape index (κ2) is 5.19. The molecule has 1 heterocycles. The molecular weight excluding hydrogens is 263 g/mol. The summed E-state index contributed by atoms with van der Waals surface area (Å²) in [7, 11) is 0. The molecule has 1 aromatic carbocycles. The molecule has 0 saturated carbocycles. The third kappa shape index (κ3) is 2.95. The van der Waals surface area contributed by atoms with Crippen molar-refractivity contribution in [3.63, 3.8) is 0 Å². The first-order valence-corrected chi connectivity index (χ1v) is 6.53. The van der Waals surface area contributed by atoms with Crippen LogP contribution < -0.4 is 0 Å². The first-order chi connectivity index (χ1) is 9.30. The van der Waals surface area contributed by atoms with E-state index in [-0.39, 0.29) is 16.7 Å². The quantitative estimate of drug-likeness (QED) is 0.618. The van der Waals surface area contributed by atoms with Gasteiger partial charge in [-0.3, -0.25) is 14.9 Å². The number of nitro benzene ring substituents is 1. The Bertz CT molecular complexity index is 547. The molecule has 1 aromatic rings. The molecule has 0 radical (unpaired) electrons. The normalized spacial score (nSPS) is 17.9. The highest BCUT2D eigenvalue weighted by Gasteiger charge is 2.31. The van der Waals surface area contributed by atoms with Crippen molar-refractivity contribution < 1.29 is 14.1 Å². The number of halogens is 1. The lowest BCUT2D eigenvalue weighted by Gasteiger charge is -2.36. The number of likely N-dealkylation sites (tertiary alicyclic amines) is 1. The van der Waals surface area contributed by atoms with Crippen LogP contribution in [0.3, 0.4) is 0 Å². The summed E-state index contributed by atoms with van der Waals surface area (Å²) in [5.74, 6) is -1.11. The summed E-state index contributed by atoms with van der Waals surface area (Å²) in [6.45, 7) is 5.33. The number of carbonyl (C=O) groups excluding carboxylic acids is 1. The lowest BCUT2D eigenvalue weighted by Crippen LogP contribution is -2.41. The van der Waals surface area contributed by atoms with E-state index in [0.717, 1.165) is 31.0 Å². The highest BCUT2D eigenvalue weighted by atomic mass is 19.1. The maximum absolute atomic E-state index is 13.3. The zero-order chi connectivity index (χ0) is 14.9. The monoisotopic (exact) mass is 280 g/mol. The Morgan fingerprint density at radius 3 is 2.50 bits per heavy atom. The van der Waals surface area contributed by atoms with Gasteiger partial charge in [0.15, 0.2) is 0 Å². The average Bonchev–Trinajstić information content (AvgIpc) is 2.37. The molecular formula is C14H17FN2O3. The molecule has 20 heavy (non-hydrogen) atoms. The lowest BCUT2D eigenvalue weighted by molar-refractivity contribution is -0.385. The van der Waals surface area contributed by atoms with Crippen molar-refractivity contribution in [3.8, 4) is 0 Å². The van der Waals surface area contributed by atoms with Crippen molar-refractivity contribution >= 4 is 11.6 Å². The van der Waals surface area contributed by atoms with Crippen molar-refractivity contribution in [1.82, 2.24) is 4.90 Å². The minimum absolute atomic E-state index is 0.171. The van der Waals surface area contributed by atoms with Gasteiger partial charge in [0, 0.05) is 19.2 Å². The molecule has 108 valence electrons. The van der Waals surface area contributed by atoms with E-state index in [2.05, 4.69) is 13.8 Å². The van der Waals surface area contributed by atoms with Crippen molar-refractivity contribution in [2.24, 2.45) is 5.41 Å². The van der Waals surface area contributed by atoms with Gasteiger partial charge in [-0.05, 0) is 30.4 Å². The number of amides is 1. The van der Waals surface area contributed by atoms with E-state index in [9.17, 15) is 19.3 Å². The highest BCUT2D eigenvalue weighted by molar-refractivity contribution is 5.98. The molecule has 0 N–H and O–H groups in total. The molecule has 1 aliphatic heterocycles. The van der Waals surface area contributed by atoms with Crippen LogP contribution in [-0.4, -0.2) is 28.8 Å². The molecule has 0 aliphatic carbocycles. The Morgan fingerprint density at radius 2 is 1.95 bits per heavy atom. The van der Waals surface area contributed by atoms with Crippen LogP contribution in [0.15, 0.2) is 18.2 Å². The summed E-state index contributed by atoms with van der Waals surface area (Å²) < 4.78 is 13.3. The molecule has 0 spiro atoms. The molecule has 1 amide bonds. The van der Waals surface area contributed by atoms with Gasteiger partial charge in [0.05, 0.1) is 4.92 Å². The van der Waals surface area contributed by atoms with E-state index in [0.29, 0.717) is 13.1 Å². The Labute approximate surface area is 116 Å². The minimum Gasteiger partial charge on any atom is -0.338 e. The van der Waals surface area contributed by atoms with Crippen LogP contribution >= 0.6 is 0 Å². The summed E-state index contributed by atoms with van der Waals surface area (Å²) in [4.78, 5) is 24.2. The second-order valence-corrected chi connectivity index (χ2v) is 5.87. The maximum Gasteiger partial charge on any atom is 0.282 e. The van der Waals surface area contributed by atoms with Gasteiger partial charge in [-0.2, -0.15) is 0 Å². The second-order valence-electron chi connectivity index (χ2n) is 5.87. The molecule has 5 nitrogen and oxygen atoms in total. The minimum atomic E-state index is -0.652. The number of hydrogen-bond donors (Lipinski definition) is 0. The fourth-order valence-corrected chi connectivity index (χ4v) is 2.32. The molecule has 1 aliphatic rings.